The molecule has 2 aromatic rings. The van der Waals surface area contributed by atoms with Crippen molar-refractivity contribution in [2.75, 3.05) is 0 Å². The first-order valence-corrected chi connectivity index (χ1v) is 3.79. The highest BCUT2D eigenvalue weighted by Crippen LogP contribution is 2.01. The van der Waals surface area contributed by atoms with Gasteiger partial charge >= 0.3 is 5.69 Å². The predicted molar refractivity (Wildman–Crippen MR) is 49.9 cm³/mol. The zero-order valence-corrected chi connectivity index (χ0v) is 7.29. The molecular formula is C8H6N4O2. The van der Waals surface area contributed by atoms with Crippen LogP contribution in [0.2, 0.25) is 0 Å². The highest BCUT2D eigenvalue weighted by atomic mass is 16.2. The molecule has 0 aromatic carbocycles. The summed E-state index contributed by atoms with van der Waals surface area (Å²) in [6.45, 7) is 0. The van der Waals surface area contributed by atoms with Gasteiger partial charge in [-0.25, -0.2) is 9.78 Å². The average Bonchev–Trinajstić information content (AvgIpc) is 2.58. The van der Waals surface area contributed by atoms with Gasteiger partial charge in [0.1, 0.15) is 0 Å². The van der Waals surface area contributed by atoms with Crippen molar-refractivity contribution in [1.29, 1.82) is 0 Å². The van der Waals surface area contributed by atoms with E-state index < -0.39 is 11.2 Å². The van der Waals surface area contributed by atoms with Crippen molar-refractivity contribution in [1.82, 2.24) is 19.5 Å². The molecule has 2 aromatic heterocycles. The first kappa shape index (κ1) is 8.31. The Bertz CT molecular complexity index is 653. The number of aryl methyl sites for hydroxylation is 1. The zero-order valence-electron chi connectivity index (χ0n) is 7.29. The van der Waals surface area contributed by atoms with Gasteiger partial charge in [0.05, 0.1) is 0 Å². The fraction of sp³-hybridized carbons (Fsp3) is 0.125. The Morgan fingerprint density at radius 3 is 2.79 bits per heavy atom. The van der Waals surface area contributed by atoms with Crippen molar-refractivity contribution in [2.24, 2.45) is 7.05 Å². The monoisotopic (exact) mass is 190 g/mol. The van der Waals surface area contributed by atoms with Crippen LogP contribution in [0.4, 0.5) is 0 Å². The SMILES string of the molecule is C#Cc1nc2c([nH]1)c(=O)[nH]c(=O)n2C. The molecule has 0 aliphatic heterocycles. The molecule has 14 heavy (non-hydrogen) atoms. The van der Waals surface area contributed by atoms with Crippen molar-refractivity contribution in [3.8, 4) is 12.3 Å². The lowest BCUT2D eigenvalue weighted by atomic mass is 10.5. The summed E-state index contributed by atoms with van der Waals surface area (Å²) in [5.41, 5.74) is -0.568. The van der Waals surface area contributed by atoms with E-state index in [2.05, 4.69) is 20.9 Å². The molecule has 0 aliphatic carbocycles. The predicted octanol–water partition coefficient (Wildman–Crippen LogP) is -1.07. The molecule has 2 heterocycles. The molecular weight excluding hydrogens is 184 g/mol. The third kappa shape index (κ3) is 0.959. The zero-order chi connectivity index (χ0) is 10.3. The highest BCUT2D eigenvalue weighted by Gasteiger charge is 2.08. The molecule has 2 rings (SSSR count). The molecule has 0 saturated heterocycles. The molecule has 6 nitrogen and oxygen atoms in total. The summed E-state index contributed by atoms with van der Waals surface area (Å²) in [6, 6.07) is 0. The van der Waals surface area contributed by atoms with Crippen LogP contribution in [0, 0.1) is 12.3 Å². The lowest BCUT2D eigenvalue weighted by molar-refractivity contribution is 0.832. The molecule has 0 bridgehead atoms. The van der Waals surface area contributed by atoms with Gasteiger partial charge in [-0.3, -0.25) is 14.3 Å². The van der Waals surface area contributed by atoms with Gasteiger partial charge in [-0.2, -0.15) is 0 Å². The van der Waals surface area contributed by atoms with Gasteiger partial charge in [0.25, 0.3) is 5.56 Å². The maximum atomic E-state index is 11.3. The van der Waals surface area contributed by atoms with Crippen molar-refractivity contribution in [3.05, 3.63) is 26.7 Å². The van der Waals surface area contributed by atoms with Crippen LogP contribution in [0.15, 0.2) is 9.59 Å². The van der Waals surface area contributed by atoms with Gasteiger partial charge in [-0.05, 0) is 5.92 Å². The molecule has 0 unspecified atom stereocenters. The molecule has 0 fully saturated rings. The first-order chi connectivity index (χ1) is 6.63. The maximum absolute atomic E-state index is 11.3. The molecule has 70 valence electrons. The fourth-order valence-corrected chi connectivity index (χ4v) is 1.17. The van der Waals surface area contributed by atoms with Crippen LogP contribution < -0.4 is 11.2 Å². The number of nitrogens with zero attached hydrogens (tertiary/aromatic N) is 2. The van der Waals surface area contributed by atoms with Crippen molar-refractivity contribution < 1.29 is 0 Å². The van der Waals surface area contributed by atoms with E-state index in [0.29, 0.717) is 0 Å². The van der Waals surface area contributed by atoms with Gasteiger partial charge in [0, 0.05) is 7.05 Å². The molecule has 2 N–H and O–H groups in total. The van der Waals surface area contributed by atoms with Crippen LogP contribution in [-0.2, 0) is 7.05 Å². The number of imidazole rings is 1. The molecule has 0 atom stereocenters. The van der Waals surface area contributed by atoms with Gasteiger partial charge in [-0.15, -0.1) is 6.42 Å². The Kier molecular flexibility index (Phi) is 1.54. The number of nitrogens with one attached hydrogen (secondary N) is 2. The molecule has 0 saturated carbocycles. The van der Waals surface area contributed by atoms with E-state index in [-0.39, 0.29) is 17.0 Å². The van der Waals surface area contributed by atoms with Gasteiger partial charge < -0.3 is 4.98 Å². The average molecular weight is 190 g/mol. The van der Waals surface area contributed by atoms with E-state index in [4.69, 9.17) is 6.42 Å². The molecule has 0 radical (unpaired) electrons. The van der Waals surface area contributed by atoms with Gasteiger partial charge in [-0.1, -0.05) is 0 Å². The van der Waals surface area contributed by atoms with Crippen LogP contribution >= 0.6 is 0 Å². The maximum Gasteiger partial charge on any atom is 0.329 e. The van der Waals surface area contributed by atoms with E-state index in [1.54, 1.807) is 0 Å². The summed E-state index contributed by atoms with van der Waals surface area (Å²) in [4.78, 5) is 31.1. The summed E-state index contributed by atoms with van der Waals surface area (Å²) < 4.78 is 1.22. The number of H-pyrrole nitrogens is 2. The Hall–Kier alpha value is -2.29. The number of rotatable bonds is 0. The minimum absolute atomic E-state index is 0.208. The van der Waals surface area contributed by atoms with Crippen molar-refractivity contribution >= 4 is 11.2 Å². The Labute approximate surface area is 77.6 Å². The number of hydrogen-bond acceptors (Lipinski definition) is 3. The van der Waals surface area contributed by atoms with Crippen molar-refractivity contribution in [2.45, 2.75) is 0 Å². The minimum Gasteiger partial charge on any atom is -0.325 e. The quantitative estimate of drug-likeness (QED) is 0.519. The van der Waals surface area contributed by atoms with E-state index in [1.807, 2.05) is 0 Å². The molecule has 0 spiro atoms. The van der Waals surface area contributed by atoms with Crippen LogP contribution in [-0.4, -0.2) is 19.5 Å². The highest BCUT2D eigenvalue weighted by molar-refractivity contribution is 5.70. The van der Waals surface area contributed by atoms with Crippen LogP contribution in [0.3, 0.4) is 0 Å². The topological polar surface area (TPSA) is 83.5 Å². The Balaban J connectivity index is 3.08. The Morgan fingerprint density at radius 2 is 2.14 bits per heavy atom. The lowest BCUT2D eigenvalue weighted by Gasteiger charge is -1.94. The largest absolute Gasteiger partial charge is 0.329 e. The third-order valence-electron chi connectivity index (χ3n) is 1.89. The third-order valence-corrected chi connectivity index (χ3v) is 1.89. The number of hydrogen-bond donors (Lipinski definition) is 2. The molecule has 0 amide bonds. The standard InChI is InChI=1S/C8H6N4O2/c1-3-4-9-5-6(10-4)12(2)8(14)11-7(5)13/h1H,2H3,(H,9,10)(H,11,13,14). The second-order valence-electron chi connectivity index (χ2n) is 2.75. The van der Waals surface area contributed by atoms with Crippen LogP contribution in [0.1, 0.15) is 5.82 Å². The van der Waals surface area contributed by atoms with Gasteiger partial charge in [0.2, 0.25) is 0 Å². The second-order valence-corrected chi connectivity index (χ2v) is 2.75. The number of fused-ring (bicyclic) bond motifs is 1. The van der Waals surface area contributed by atoms with E-state index in [9.17, 15) is 9.59 Å². The number of aromatic nitrogens is 4. The van der Waals surface area contributed by atoms with E-state index in [0.717, 1.165) is 0 Å². The molecule has 0 aliphatic rings. The fourth-order valence-electron chi connectivity index (χ4n) is 1.17. The smallest absolute Gasteiger partial charge is 0.325 e. The van der Waals surface area contributed by atoms with E-state index in [1.165, 1.54) is 11.6 Å². The summed E-state index contributed by atoms with van der Waals surface area (Å²) in [6.07, 6.45) is 5.11. The molecule has 6 heteroatoms. The number of aromatic amines is 2. The summed E-state index contributed by atoms with van der Waals surface area (Å²) in [5, 5.41) is 0. The number of terminal acetylenes is 1. The van der Waals surface area contributed by atoms with Gasteiger partial charge in [0.15, 0.2) is 17.0 Å². The Morgan fingerprint density at radius 1 is 1.43 bits per heavy atom. The summed E-state index contributed by atoms with van der Waals surface area (Å²) >= 11 is 0. The van der Waals surface area contributed by atoms with Crippen LogP contribution in [0.5, 0.6) is 0 Å². The minimum atomic E-state index is -0.517. The van der Waals surface area contributed by atoms with Crippen molar-refractivity contribution in [3.63, 3.8) is 0 Å². The second kappa shape index (κ2) is 2.60. The van der Waals surface area contributed by atoms with E-state index >= 15 is 0 Å². The normalized spacial score (nSPS) is 10.3. The summed E-state index contributed by atoms with van der Waals surface area (Å²) in [7, 11) is 1.50. The van der Waals surface area contributed by atoms with Crippen LogP contribution in [0.25, 0.3) is 11.2 Å². The first-order valence-electron chi connectivity index (χ1n) is 3.79. The lowest BCUT2D eigenvalue weighted by Crippen LogP contribution is -2.28. The summed E-state index contributed by atoms with van der Waals surface area (Å²) in [5.74, 6) is 2.48.